The highest BCUT2D eigenvalue weighted by molar-refractivity contribution is 7.80. The lowest BCUT2D eigenvalue weighted by Crippen LogP contribution is -2.34. The molecule has 0 fully saturated rings. The third kappa shape index (κ3) is 3.49. The Bertz CT molecular complexity index is 1200. The van der Waals surface area contributed by atoms with Crippen molar-refractivity contribution in [2.75, 3.05) is 12.4 Å². The van der Waals surface area contributed by atoms with Crippen molar-refractivity contribution in [1.82, 2.24) is 10.3 Å². The van der Waals surface area contributed by atoms with Crippen molar-refractivity contribution in [1.29, 1.82) is 0 Å². The van der Waals surface area contributed by atoms with Gasteiger partial charge in [0, 0.05) is 23.0 Å². The Balaban J connectivity index is 1.59. The van der Waals surface area contributed by atoms with E-state index in [9.17, 15) is 4.79 Å². The summed E-state index contributed by atoms with van der Waals surface area (Å²) in [7, 11) is 1.57. The highest BCUT2D eigenvalue weighted by atomic mass is 35.5. The van der Waals surface area contributed by atoms with E-state index in [1.54, 1.807) is 19.2 Å². The SMILES string of the molecule is COc1cc2c(cc1NC(=S)NC(=O)c1ccc(Cl)nc1)oc1ccccc12. The summed E-state index contributed by atoms with van der Waals surface area (Å²) in [6.07, 6.45) is 1.38. The smallest absolute Gasteiger partial charge is 0.258 e. The van der Waals surface area contributed by atoms with Crippen LogP contribution in [0.15, 0.2) is 59.1 Å². The molecule has 0 aliphatic heterocycles. The zero-order valence-corrected chi connectivity index (χ0v) is 16.2. The molecule has 2 heterocycles. The van der Waals surface area contributed by atoms with Gasteiger partial charge in [0.1, 0.15) is 22.1 Å². The number of pyridine rings is 1. The summed E-state index contributed by atoms with van der Waals surface area (Å²) < 4.78 is 11.4. The Kier molecular flexibility index (Phi) is 4.85. The van der Waals surface area contributed by atoms with E-state index in [0.717, 1.165) is 16.4 Å². The van der Waals surface area contributed by atoms with E-state index in [-0.39, 0.29) is 5.11 Å². The van der Waals surface area contributed by atoms with E-state index >= 15 is 0 Å². The van der Waals surface area contributed by atoms with E-state index in [1.807, 2.05) is 30.3 Å². The number of methoxy groups -OCH3 is 1. The van der Waals surface area contributed by atoms with E-state index in [2.05, 4.69) is 15.6 Å². The van der Waals surface area contributed by atoms with Gasteiger partial charge in [-0.1, -0.05) is 29.8 Å². The summed E-state index contributed by atoms with van der Waals surface area (Å²) in [5, 5.41) is 7.93. The van der Waals surface area contributed by atoms with E-state index in [0.29, 0.717) is 27.7 Å². The van der Waals surface area contributed by atoms with Crippen molar-refractivity contribution in [3.05, 3.63) is 65.4 Å². The lowest BCUT2D eigenvalue weighted by molar-refractivity contribution is 0.0977. The van der Waals surface area contributed by atoms with Crippen molar-refractivity contribution in [2.24, 2.45) is 0 Å². The second kappa shape index (κ2) is 7.46. The Morgan fingerprint density at radius 2 is 1.96 bits per heavy atom. The lowest BCUT2D eigenvalue weighted by atomic mass is 10.1. The van der Waals surface area contributed by atoms with Crippen molar-refractivity contribution in [3.8, 4) is 5.75 Å². The molecule has 2 N–H and O–H groups in total. The molecular weight excluding hydrogens is 398 g/mol. The summed E-state index contributed by atoms with van der Waals surface area (Å²) in [6.45, 7) is 0. The van der Waals surface area contributed by atoms with Crippen LogP contribution < -0.4 is 15.4 Å². The molecule has 28 heavy (non-hydrogen) atoms. The van der Waals surface area contributed by atoms with Gasteiger partial charge in [-0.2, -0.15) is 0 Å². The minimum atomic E-state index is -0.398. The molecule has 6 nitrogen and oxygen atoms in total. The Morgan fingerprint density at radius 1 is 1.14 bits per heavy atom. The number of furan rings is 1. The van der Waals surface area contributed by atoms with Gasteiger partial charge in [0.2, 0.25) is 0 Å². The number of nitrogens with one attached hydrogen (secondary N) is 2. The number of carbonyl (C=O) groups excluding carboxylic acids is 1. The quantitative estimate of drug-likeness (QED) is 0.373. The second-order valence-electron chi connectivity index (χ2n) is 5.92. The van der Waals surface area contributed by atoms with Gasteiger partial charge in [0.15, 0.2) is 5.11 Å². The predicted molar refractivity (Wildman–Crippen MR) is 113 cm³/mol. The molecule has 0 aliphatic carbocycles. The molecule has 0 unspecified atom stereocenters. The maximum Gasteiger partial charge on any atom is 0.258 e. The normalized spacial score (nSPS) is 10.8. The maximum atomic E-state index is 12.3. The molecule has 140 valence electrons. The Hall–Kier alpha value is -3.16. The summed E-state index contributed by atoms with van der Waals surface area (Å²) in [5.41, 5.74) is 2.38. The number of ether oxygens (including phenoxy) is 1. The van der Waals surface area contributed by atoms with Crippen LogP contribution in [0.5, 0.6) is 5.75 Å². The number of hydrogen-bond acceptors (Lipinski definition) is 5. The van der Waals surface area contributed by atoms with Gasteiger partial charge >= 0.3 is 0 Å². The number of nitrogens with zero attached hydrogens (tertiary/aromatic N) is 1. The first kappa shape index (κ1) is 18.2. The van der Waals surface area contributed by atoms with Gasteiger partial charge in [-0.25, -0.2) is 4.98 Å². The topological polar surface area (TPSA) is 76.4 Å². The number of thiocarbonyl (C=S) groups is 1. The summed E-state index contributed by atoms with van der Waals surface area (Å²) in [6, 6.07) is 14.5. The standard InChI is InChI=1S/C20H14ClN3O3S/c1-26-17-8-13-12-4-2-3-5-15(12)27-16(13)9-14(17)23-20(28)24-19(25)11-6-7-18(21)22-10-11/h2-10H,1H3,(H2,23,24,25,28). The van der Waals surface area contributed by atoms with Crippen molar-refractivity contribution < 1.29 is 13.9 Å². The largest absolute Gasteiger partial charge is 0.495 e. The number of para-hydroxylation sites is 1. The Morgan fingerprint density at radius 3 is 2.71 bits per heavy atom. The average molecular weight is 412 g/mol. The zero-order chi connectivity index (χ0) is 19.7. The predicted octanol–water partition coefficient (Wildman–Crippen LogP) is 4.77. The molecule has 0 spiro atoms. The highest BCUT2D eigenvalue weighted by Gasteiger charge is 2.14. The molecule has 2 aromatic carbocycles. The highest BCUT2D eigenvalue weighted by Crippen LogP contribution is 2.36. The third-order valence-electron chi connectivity index (χ3n) is 4.16. The van der Waals surface area contributed by atoms with E-state index in [4.69, 9.17) is 33.0 Å². The third-order valence-corrected chi connectivity index (χ3v) is 4.59. The monoisotopic (exact) mass is 411 g/mol. The van der Waals surface area contributed by atoms with Crippen LogP contribution in [0.1, 0.15) is 10.4 Å². The van der Waals surface area contributed by atoms with Crippen LogP contribution in [0.2, 0.25) is 5.15 Å². The van der Waals surface area contributed by atoms with Gasteiger partial charge < -0.3 is 14.5 Å². The first-order valence-corrected chi connectivity index (χ1v) is 9.07. The van der Waals surface area contributed by atoms with Gasteiger partial charge in [0.25, 0.3) is 5.91 Å². The average Bonchev–Trinajstić information content (AvgIpc) is 3.05. The summed E-state index contributed by atoms with van der Waals surface area (Å²) in [5.74, 6) is 0.175. The maximum absolute atomic E-state index is 12.3. The van der Waals surface area contributed by atoms with Crippen LogP contribution in [-0.4, -0.2) is 23.1 Å². The van der Waals surface area contributed by atoms with Crippen LogP contribution in [0, 0.1) is 0 Å². The molecule has 4 rings (SSSR count). The number of anilines is 1. The summed E-state index contributed by atoms with van der Waals surface area (Å²) >= 11 is 11.0. The van der Waals surface area contributed by atoms with Gasteiger partial charge in [0.05, 0.1) is 18.4 Å². The number of aromatic nitrogens is 1. The van der Waals surface area contributed by atoms with E-state index < -0.39 is 5.91 Å². The fourth-order valence-corrected chi connectivity index (χ4v) is 3.17. The van der Waals surface area contributed by atoms with Gasteiger partial charge in [-0.05, 0) is 36.5 Å². The second-order valence-corrected chi connectivity index (χ2v) is 6.72. The minimum Gasteiger partial charge on any atom is -0.495 e. The van der Waals surface area contributed by atoms with Crippen LogP contribution in [0.25, 0.3) is 21.9 Å². The molecule has 0 saturated heterocycles. The van der Waals surface area contributed by atoms with E-state index in [1.165, 1.54) is 12.3 Å². The molecule has 0 atom stereocenters. The van der Waals surface area contributed by atoms with Crippen molar-refractivity contribution >= 4 is 62.5 Å². The first-order chi connectivity index (χ1) is 13.5. The van der Waals surface area contributed by atoms with Crippen LogP contribution >= 0.6 is 23.8 Å². The molecular formula is C20H14ClN3O3S. The summed E-state index contributed by atoms with van der Waals surface area (Å²) in [4.78, 5) is 16.2. The number of amides is 1. The number of hydrogen-bond donors (Lipinski definition) is 2. The van der Waals surface area contributed by atoms with Crippen LogP contribution in [0.4, 0.5) is 5.69 Å². The van der Waals surface area contributed by atoms with Gasteiger partial charge in [-0.15, -0.1) is 0 Å². The fraction of sp³-hybridized carbons (Fsp3) is 0.0500. The van der Waals surface area contributed by atoms with Gasteiger partial charge in [-0.3, -0.25) is 10.1 Å². The minimum absolute atomic E-state index is 0.119. The molecule has 0 radical (unpaired) electrons. The molecule has 0 bridgehead atoms. The fourth-order valence-electron chi connectivity index (χ4n) is 2.86. The molecule has 2 aromatic heterocycles. The number of fused-ring (bicyclic) bond motifs is 3. The van der Waals surface area contributed by atoms with Crippen LogP contribution in [-0.2, 0) is 0 Å². The first-order valence-electron chi connectivity index (χ1n) is 8.28. The molecule has 0 aliphatic rings. The zero-order valence-electron chi connectivity index (χ0n) is 14.7. The van der Waals surface area contributed by atoms with Crippen molar-refractivity contribution in [3.63, 3.8) is 0 Å². The number of rotatable bonds is 3. The van der Waals surface area contributed by atoms with Crippen molar-refractivity contribution in [2.45, 2.75) is 0 Å². The molecule has 4 aromatic rings. The number of halogens is 1. The lowest BCUT2D eigenvalue weighted by Gasteiger charge is -2.13. The number of benzene rings is 2. The molecule has 0 saturated carbocycles. The molecule has 8 heteroatoms. The Labute approximate surface area is 170 Å². The number of carbonyl (C=O) groups is 1. The van der Waals surface area contributed by atoms with Crippen LogP contribution in [0.3, 0.4) is 0 Å². The molecule has 1 amide bonds.